The summed E-state index contributed by atoms with van der Waals surface area (Å²) in [5, 5.41) is 14.7. The van der Waals surface area contributed by atoms with Gasteiger partial charge in [0.15, 0.2) is 0 Å². The number of piperidine rings is 1. The number of aliphatic carboxylic acids is 1. The van der Waals surface area contributed by atoms with Crippen molar-refractivity contribution >= 4 is 12.1 Å². The van der Waals surface area contributed by atoms with Crippen LogP contribution in [0, 0.1) is 0 Å². The predicted molar refractivity (Wildman–Crippen MR) is 66.4 cm³/mol. The van der Waals surface area contributed by atoms with Gasteiger partial charge >= 0.3 is 12.1 Å². The summed E-state index contributed by atoms with van der Waals surface area (Å²) >= 11 is 0. The molecule has 2 unspecified atom stereocenters. The van der Waals surface area contributed by atoms with Gasteiger partial charge in [0.2, 0.25) is 0 Å². The van der Waals surface area contributed by atoms with Crippen molar-refractivity contribution in [3.05, 3.63) is 0 Å². The number of carboxylic acid groups (broad SMARTS) is 1. The molecule has 0 aromatic heterocycles. The number of hydrogen-bond donors (Lipinski definition) is 3. The Morgan fingerprint density at radius 1 is 1.44 bits per heavy atom. The number of nitrogens with one attached hydrogen (secondary N) is 2. The maximum atomic E-state index is 11.6. The van der Waals surface area contributed by atoms with Crippen molar-refractivity contribution < 1.29 is 19.4 Å². The fourth-order valence-corrected chi connectivity index (χ4v) is 1.99. The van der Waals surface area contributed by atoms with Crippen LogP contribution in [0.15, 0.2) is 0 Å². The van der Waals surface area contributed by atoms with Gasteiger partial charge < -0.3 is 20.5 Å². The van der Waals surface area contributed by atoms with Gasteiger partial charge in [0.25, 0.3) is 0 Å². The second-order valence-corrected chi connectivity index (χ2v) is 5.55. The van der Waals surface area contributed by atoms with E-state index in [1.165, 1.54) is 0 Å². The predicted octanol–water partition coefficient (Wildman–Crippen LogP) is 1.11. The first kappa shape index (κ1) is 14.8. The van der Waals surface area contributed by atoms with Crippen LogP contribution in [0.1, 0.15) is 40.0 Å². The number of hydrogen-bond acceptors (Lipinski definition) is 4. The summed E-state index contributed by atoms with van der Waals surface area (Å²) in [6.45, 7) is 6.16. The Morgan fingerprint density at radius 2 is 2.11 bits per heavy atom. The molecule has 0 aliphatic carbocycles. The van der Waals surface area contributed by atoms with Crippen LogP contribution in [0.25, 0.3) is 0 Å². The van der Waals surface area contributed by atoms with Crippen molar-refractivity contribution in [1.29, 1.82) is 0 Å². The Bertz CT molecular complexity index is 312. The minimum absolute atomic E-state index is 0.000461. The van der Waals surface area contributed by atoms with Crippen LogP contribution in [-0.2, 0) is 9.53 Å². The average Bonchev–Trinajstić information content (AvgIpc) is 2.17. The number of carbonyl (C=O) groups is 2. The molecular formula is C12H22N2O4. The summed E-state index contributed by atoms with van der Waals surface area (Å²) < 4.78 is 5.17. The molecule has 1 heterocycles. The van der Waals surface area contributed by atoms with Gasteiger partial charge in [0, 0.05) is 12.1 Å². The van der Waals surface area contributed by atoms with Gasteiger partial charge in [0.05, 0.1) is 6.42 Å². The minimum Gasteiger partial charge on any atom is -0.481 e. The lowest BCUT2D eigenvalue weighted by Gasteiger charge is -2.33. The highest BCUT2D eigenvalue weighted by Gasteiger charge is 2.29. The Kier molecular flexibility index (Phi) is 4.95. The first-order valence-electron chi connectivity index (χ1n) is 6.22. The van der Waals surface area contributed by atoms with Crippen LogP contribution < -0.4 is 10.6 Å². The van der Waals surface area contributed by atoms with E-state index < -0.39 is 17.7 Å². The number of carbonyl (C=O) groups excluding carboxylic acids is 1. The van der Waals surface area contributed by atoms with Crippen molar-refractivity contribution in [3.8, 4) is 0 Å². The summed E-state index contributed by atoms with van der Waals surface area (Å²) in [4.78, 5) is 22.4. The number of rotatable bonds is 3. The maximum absolute atomic E-state index is 11.6. The lowest BCUT2D eigenvalue weighted by atomic mass is 9.96. The Labute approximate surface area is 107 Å². The van der Waals surface area contributed by atoms with Crippen molar-refractivity contribution in [2.24, 2.45) is 0 Å². The topological polar surface area (TPSA) is 87.7 Å². The van der Waals surface area contributed by atoms with Gasteiger partial charge in [-0.15, -0.1) is 0 Å². The molecule has 6 nitrogen and oxygen atoms in total. The molecule has 0 radical (unpaired) electrons. The fourth-order valence-electron chi connectivity index (χ4n) is 1.99. The number of alkyl carbamates (subject to hydrolysis) is 1. The van der Waals surface area contributed by atoms with E-state index in [0.717, 1.165) is 19.4 Å². The number of amides is 1. The van der Waals surface area contributed by atoms with Crippen LogP contribution in [0.5, 0.6) is 0 Å². The number of carboxylic acids is 1. The zero-order valence-corrected chi connectivity index (χ0v) is 11.2. The first-order valence-corrected chi connectivity index (χ1v) is 6.22. The van der Waals surface area contributed by atoms with E-state index in [4.69, 9.17) is 9.84 Å². The summed E-state index contributed by atoms with van der Waals surface area (Å²) in [6, 6.07) is -0.423. The normalized spacial score (nSPS) is 24.4. The van der Waals surface area contributed by atoms with Crippen molar-refractivity contribution in [2.45, 2.75) is 57.7 Å². The molecule has 104 valence electrons. The highest BCUT2D eigenvalue weighted by Crippen LogP contribution is 2.13. The second kappa shape index (κ2) is 6.04. The lowest BCUT2D eigenvalue weighted by molar-refractivity contribution is -0.137. The molecule has 1 fully saturated rings. The summed E-state index contributed by atoms with van der Waals surface area (Å²) in [7, 11) is 0. The van der Waals surface area contributed by atoms with Gasteiger partial charge in [-0.3, -0.25) is 4.79 Å². The SMILES string of the molecule is CC(C)(C)OC(=O)NC1CCCNC1CC(=O)O. The summed E-state index contributed by atoms with van der Waals surface area (Å²) in [6.07, 6.45) is 1.19. The molecule has 18 heavy (non-hydrogen) atoms. The van der Waals surface area contributed by atoms with Gasteiger partial charge in [-0.2, -0.15) is 0 Å². The largest absolute Gasteiger partial charge is 0.481 e. The molecule has 0 aromatic carbocycles. The first-order chi connectivity index (χ1) is 8.28. The molecule has 0 spiro atoms. The molecule has 3 N–H and O–H groups in total. The molecule has 6 heteroatoms. The molecule has 2 atom stereocenters. The van der Waals surface area contributed by atoms with Crippen LogP contribution in [-0.4, -0.2) is 41.4 Å². The maximum Gasteiger partial charge on any atom is 0.407 e. The molecule has 0 saturated carbocycles. The molecule has 0 bridgehead atoms. The smallest absolute Gasteiger partial charge is 0.407 e. The molecule has 1 rings (SSSR count). The summed E-state index contributed by atoms with van der Waals surface area (Å²) in [5.74, 6) is -0.870. The van der Waals surface area contributed by atoms with Gasteiger partial charge in [-0.1, -0.05) is 0 Å². The van der Waals surface area contributed by atoms with Crippen LogP contribution in [0.2, 0.25) is 0 Å². The van der Waals surface area contributed by atoms with Crippen molar-refractivity contribution in [2.75, 3.05) is 6.54 Å². The van der Waals surface area contributed by atoms with Crippen molar-refractivity contribution in [3.63, 3.8) is 0 Å². The highest BCUT2D eigenvalue weighted by atomic mass is 16.6. The van der Waals surface area contributed by atoms with Crippen LogP contribution in [0.3, 0.4) is 0 Å². The lowest BCUT2D eigenvalue weighted by Crippen LogP contribution is -2.54. The molecule has 1 saturated heterocycles. The third-order valence-corrected chi connectivity index (χ3v) is 2.68. The molecule has 1 aliphatic heterocycles. The molecule has 1 amide bonds. The zero-order chi connectivity index (χ0) is 13.8. The Morgan fingerprint density at radius 3 is 2.67 bits per heavy atom. The monoisotopic (exact) mass is 258 g/mol. The fraction of sp³-hybridized carbons (Fsp3) is 0.833. The molecule has 0 aromatic rings. The van der Waals surface area contributed by atoms with E-state index in [9.17, 15) is 9.59 Å². The van der Waals surface area contributed by atoms with Crippen LogP contribution >= 0.6 is 0 Å². The standard InChI is InChI=1S/C12H22N2O4/c1-12(2,3)18-11(17)14-8-5-4-6-13-9(8)7-10(15)16/h8-9,13H,4-7H2,1-3H3,(H,14,17)(H,15,16). The average molecular weight is 258 g/mol. The van der Waals surface area contributed by atoms with E-state index in [1.54, 1.807) is 20.8 Å². The highest BCUT2D eigenvalue weighted by molar-refractivity contribution is 5.70. The van der Waals surface area contributed by atoms with Crippen LogP contribution in [0.4, 0.5) is 4.79 Å². The van der Waals surface area contributed by atoms with E-state index in [0.29, 0.717) is 0 Å². The third-order valence-electron chi connectivity index (χ3n) is 2.68. The van der Waals surface area contributed by atoms with Crippen molar-refractivity contribution in [1.82, 2.24) is 10.6 Å². The van der Waals surface area contributed by atoms with Gasteiger partial charge in [0.1, 0.15) is 5.60 Å². The quantitative estimate of drug-likeness (QED) is 0.705. The van der Waals surface area contributed by atoms with E-state index in [1.807, 2.05) is 0 Å². The second-order valence-electron chi connectivity index (χ2n) is 5.55. The zero-order valence-electron chi connectivity index (χ0n) is 11.2. The number of ether oxygens (including phenoxy) is 1. The Hall–Kier alpha value is -1.30. The van der Waals surface area contributed by atoms with E-state index >= 15 is 0 Å². The summed E-state index contributed by atoms with van der Waals surface area (Å²) in [5.41, 5.74) is -0.547. The van der Waals surface area contributed by atoms with E-state index in [2.05, 4.69) is 10.6 Å². The third kappa shape index (κ3) is 5.35. The Balaban J connectivity index is 2.51. The molecule has 1 aliphatic rings. The molecular weight excluding hydrogens is 236 g/mol. The van der Waals surface area contributed by atoms with E-state index in [-0.39, 0.29) is 18.5 Å². The minimum atomic E-state index is -0.870. The van der Waals surface area contributed by atoms with Gasteiger partial charge in [-0.05, 0) is 40.2 Å². The van der Waals surface area contributed by atoms with Gasteiger partial charge in [-0.25, -0.2) is 4.79 Å².